The number of aromatic nitrogens is 1. The summed E-state index contributed by atoms with van der Waals surface area (Å²) in [5.41, 5.74) is 0.296. The highest BCUT2D eigenvalue weighted by Gasteiger charge is 2.12. The molecule has 1 N–H and O–H groups in total. The highest BCUT2D eigenvalue weighted by molar-refractivity contribution is 5.94. The van der Waals surface area contributed by atoms with Crippen LogP contribution in [0, 0.1) is 10.1 Å². The molecule has 1 aromatic rings. The third-order valence-electron chi connectivity index (χ3n) is 1.49. The molecular formula is C7H8N2O3. The Morgan fingerprint density at radius 3 is 2.75 bits per heavy atom. The van der Waals surface area contributed by atoms with E-state index in [0.717, 1.165) is 0 Å². The van der Waals surface area contributed by atoms with Gasteiger partial charge in [-0.15, -0.1) is 0 Å². The summed E-state index contributed by atoms with van der Waals surface area (Å²) in [5, 5.41) is 10.2. The molecule has 0 saturated carbocycles. The van der Waals surface area contributed by atoms with Crippen LogP contribution in [0.1, 0.15) is 23.8 Å². The van der Waals surface area contributed by atoms with E-state index >= 15 is 0 Å². The average Bonchev–Trinajstić information content (AvgIpc) is 2.51. The first-order valence-corrected chi connectivity index (χ1v) is 3.51. The topological polar surface area (TPSA) is 76.0 Å². The minimum absolute atomic E-state index is 0.122. The second kappa shape index (κ2) is 3.17. The van der Waals surface area contributed by atoms with E-state index in [1.807, 2.05) is 0 Å². The number of carbonyl (C=O) groups is 1. The Hall–Kier alpha value is -1.65. The fourth-order valence-corrected chi connectivity index (χ4v) is 0.843. The second-order valence-electron chi connectivity index (χ2n) is 2.29. The van der Waals surface area contributed by atoms with E-state index in [-0.39, 0.29) is 11.6 Å². The zero-order valence-corrected chi connectivity index (χ0v) is 6.53. The van der Waals surface area contributed by atoms with Crippen molar-refractivity contribution in [2.75, 3.05) is 0 Å². The van der Waals surface area contributed by atoms with Gasteiger partial charge in [-0.25, -0.2) is 4.98 Å². The molecule has 0 amide bonds. The van der Waals surface area contributed by atoms with Gasteiger partial charge in [-0.1, -0.05) is 6.92 Å². The smallest absolute Gasteiger partial charge is 0.321 e. The lowest BCUT2D eigenvalue weighted by Gasteiger charge is -1.88. The second-order valence-corrected chi connectivity index (χ2v) is 2.29. The van der Waals surface area contributed by atoms with E-state index in [9.17, 15) is 14.9 Å². The van der Waals surface area contributed by atoms with Crippen LogP contribution in [-0.2, 0) is 0 Å². The summed E-state index contributed by atoms with van der Waals surface area (Å²) in [7, 11) is 0. The molecule has 0 spiro atoms. The minimum atomic E-state index is -0.563. The molecule has 64 valence electrons. The van der Waals surface area contributed by atoms with E-state index in [1.165, 1.54) is 12.1 Å². The summed E-state index contributed by atoms with van der Waals surface area (Å²) in [5.74, 6) is -0.269. The molecular weight excluding hydrogens is 160 g/mol. The first-order valence-electron chi connectivity index (χ1n) is 3.51. The van der Waals surface area contributed by atoms with Gasteiger partial charge in [0.2, 0.25) is 5.78 Å². The van der Waals surface area contributed by atoms with Crippen LogP contribution >= 0.6 is 0 Å². The number of aromatic amines is 1. The quantitative estimate of drug-likeness (QED) is 0.422. The molecule has 0 fully saturated rings. The molecule has 0 aliphatic heterocycles. The maximum Gasteiger partial charge on any atom is 0.321 e. The fourth-order valence-electron chi connectivity index (χ4n) is 0.843. The first kappa shape index (κ1) is 8.45. The van der Waals surface area contributed by atoms with Gasteiger partial charge < -0.3 is 10.1 Å². The molecule has 0 aliphatic carbocycles. The van der Waals surface area contributed by atoms with E-state index in [2.05, 4.69) is 4.98 Å². The number of hydrogen-bond acceptors (Lipinski definition) is 3. The summed E-state index contributed by atoms with van der Waals surface area (Å²) >= 11 is 0. The third-order valence-corrected chi connectivity index (χ3v) is 1.49. The fraction of sp³-hybridized carbons (Fsp3) is 0.286. The minimum Gasteiger partial charge on any atom is -0.358 e. The number of hydrogen-bond donors (Lipinski definition) is 1. The van der Waals surface area contributed by atoms with Crippen molar-refractivity contribution in [2.45, 2.75) is 13.3 Å². The summed E-state index contributed by atoms with van der Waals surface area (Å²) in [6, 6.07) is 2.70. The van der Waals surface area contributed by atoms with Crippen LogP contribution in [-0.4, -0.2) is 15.7 Å². The normalized spacial score (nSPS) is 9.75. The van der Waals surface area contributed by atoms with E-state index < -0.39 is 4.92 Å². The van der Waals surface area contributed by atoms with Gasteiger partial charge in [0.1, 0.15) is 0 Å². The Labute approximate surface area is 68.5 Å². The molecule has 1 aromatic heterocycles. The molecule has 0 aliphatic rings. The summed E-state index contributed by atoms with van der Waals surface area (Å²) in [6.45, 7) is 1.70. The zero-order chi connectivity index (χ0) is 9.14. The van der Waals surface area contributed by atoms with Crippen molar-refractivity contribution in [3.05, 3.63) is 27.9 Å². The van der Waals surface area contributed by atoms with Gasteiger partial charge in [0.15, 0.2) is 5.69 Å². The Morgan fingerprint density at radius 1 is 1.67 bits per heavy atom. The molecule has 0 unspecified atom stereocenters. The maximum absolute atomic E-state index is 11.0. The molecule has 5 nitrogen and oxygen atoms in total. The molecule has 0 aromatic carbocycles. The van der Waals surface area contributed by atoms with Crippen molar-refractivity contribution < 1.29 is 9.72 Å². The molecule has 5 heteroatoms. The number of Topliss-reactive ketones (excluding diaryl/α,β-unsaturated/α-hetero) is 1. The molecule has 0 atom stereocenters. The number of ketones is 1. The standard InChI is InChI=1S/C7H8N2O3/c1-2-6(10)5-3-4-7(8-5)9(11)12/h3-4,8H,2H2,1H3. The van der Waals surface area contributed by atoms with Crippen LogP contribution in [0.4, 0.5) is 5.82 Å². The van der Waals surface area contributed by atoms with Crippen LogP contribution in [0.25, 0.3) is 0 Å². The SMILES string of the molecule is CCC(=O)c1ccc([N+](=O)[O-])[nH]1. The summed E-state index contributed by atoms with van der Waals surface area (Å²) < 4.78 is 0. The van der Waals surface area contributed by atoms with Crippen molar-refractivity contribution in [3.8, 4) is 0 Å². The molecule has 0 radical (unpaired) electrons. The van der Waals surface area contributed by atoms with Gasteiger partial charge in [0, 0.05) is 12.5 Å². The number of nitro groups is 1. The highest BCUT2D eigenvalue weighted by atomic mass is 16.6. The largest absolute Gasteiger partial charge is 0.358 e. The van der Waals surface area contributed by atoms with Crippen LogP contribution in [0.15, 0.2) is 12.1 Å². The Balaban J connectivity index is 2.91. The number of carbonyl (C=O) groups excluding carboxylic acids is 1. The Kier molecular flexibility index (Phi) is 2.23. The predicted octanol–water partition coefficient (Wildman–Crippen LogP) is 1.52. The van der Waals surface area contributed by atoms with E-state index in [1.54, 1.807) is 6.92 Å². The van der Waals surface area contributed by atoms with Gasteiger partial charge >= 0.3 is 5.82 Å². The van der Waals surface area contributed by atoms with Gasteiger partial charge in [-0.2, -0.15) is 0 Å². The molecule has 1 rings (SSSR count). The average molecular weight is 168 g/mol. The lowest BCUT2D eigenvalue weighted by molar-refractivity contribution is -0.389. The van der Waals surface area contributed by atoms with Crippen LogP contribution in [0.2, 0.25) is 0 Å². The lowest BCUT2D eigenvalue weighted by atomic mass is 10.2. The van der Waals surface area contributed by atoms with E-state index in [4.69, 9.17) is 0 Å². The lowest BCUT2D eigenvalue weighted by Crippen LogP contribution is -1.97. The van der Waals surface area contributed by atoms with Crippen molar-refractivity contribution in [1.82, 2.24) is 4.98 Å². The Bertz CT molecular complexity index is 316. The maximum atomic E-state index is 11.0. The van der Waals surface area contributed by atoms with Crippen LogP contribution in [0.3, 0.4) is 0 Å². The molecule has 1 heterocycles. The summed E-state index contributed by atoms with van der Waals surface area (Å²) in [4.78, 5) is 23.0. The summed E-state index contributed by atoms with van der Waals surface area (Å²) in [6.07, 6.45) is 0.345. The number of rotatable bonds is 3. The molecule has 0 saturated heterocycles. The van der Waals surface area contributed by atoms with Crippen molar-refractivity contribution in [2.24, 2.45) is 0 Å². The van der Waals surface area contributed by atoms with Crippen LogP contribution < -0.4 is 0 Å². The van der Waals surface area contributed by atoms with Gasteiger partial charge in [-0.05, 0) is 11.0 Å². The molecule has 0 bridgehead atoms. The van der Waals surface area contributed by atoms with Crippen molar-refractivity contribution >= 4 is 11.6 Å². The molecule has 12 heavy (non-hydrogen) atoms. The third kappa shape index (κ3) is 1.50. The predicted molar refractivity (Wildman–Crippen MR) is 42.1 cm³/mol. The van der Waals surface area contributed by atoms with Crippen molar-refractivity contribution in [1.29, 1.82) is 0 Å². The van der Waals surface area contributed by atoms with Crippen LogP contribution in [0.5, 0.6) is 0 Å². The number of nitrogens with one attached hydrogen (secondary N) is 1. The first-order chi connectivity index (χ1) is 5.65. The highest BCUT2D eigenvalue weighted by Crippen LogP contribution is 2.10. The van der Waals surface area contributed by atoms with Gasteiger partial charge in [0.05, 0.1) is 0 Å². The Morgan fingerprint density at radius 2 is 2.33 bits per heavy atom. The monoisotopic (exact) mass is 168 g/mol. The zero-order valence-electron chi connectivity index (χ0n) is 6.53. The van der Waals surface area contributed by atoms with Gasteiger partial charge in [0.25, 0.3) is 0 Å². The number of nitrogens with zero attached hydrogens (tertiary/aromatic N) is 1. The van der Waals surface area contributed by atoms with Crippen molar-refractivity contribution in [3.63, 3.8) is 0 Å². The van der Waals surface area contributed by atoms with E-state index in [0.29, 0.717) is 12.1 Å². The number of H-pyrrole nitrogens is 1. The van der Waals surface area contributed by atoms with Gasteiger partial charge in [-0.3, -0.25) is 4.79 Å².